The molecule has 0 atom stereocenters. The number of fused-ring (bicyclic) bond motifs is 1. The number of rotatable bonds is 7. The average Bonchev–Trinajstić information content (AvgIpc) is 2.75. The molecule has 0 spiro atoms. The molecular formula is C22H22O8. The van der Waals surface area contributed by atoms with E-state index in [1.54, 1.807) is 12.1 Å². The van der Waals surface area contributed by atoms with Gasteiger partial charge in [-0.3, -0.25) is 0 Å². The Morgan fingerprint density at radius 1 is 1.00 bits per heavy atom. The number of methoxy groups -OCH3 is 3. The molecule has 30 heavy (non-hydrogen) atoms. The Bertz CT molecular complexity index is 1150. The number of esters is 1. The minimum Gasteiger partial charge on any atom is -0.508 e. The van der Waals surface area contributed by atoms with Gasteiger partial charge in [-0.1, -0.05) is 6.92 Å². The number of aromatic hydroxyl groups is 1. The quantitative estimate of drug-likeness (QED) is 0.463. The lowest BCUT2D eigenvalue weighted by Crippen LogP contribution is -2.10. The number of phenolic OH excluding ortho intramolecular Hbond substituents is 1. The first-order valence-electron chi connectivity index (χ1n) is 9.18. The highest BCUT2D eigenvalue weighted by molar-refractivity contribution is 5.94. The number of carbonyl (C=O) groups excluding carboxylic acids is 1. The van der Waals surface area contributed by atoms with Crippen LogP contribution in [0.3, 0.4) is 0 Å². The summed E-state index contributed by atoms with van der Waals surface area (Å²) in [4.78, 5) is 24.6. The molecule has 3 rings (SSSR count). The van der Waals surface area contributed by atoms with Gasteiger partial charge in [0, 0.05) is 23.1 Å². The summed E-state index contributed by atoms with van der Waals surface area (Å²) in [6.45, 7) is 1.72. The zero-order valence-electron chi connectivity index (χ0n) is 17.1. The van der Waals surface area contributed by atoms with E-state index < -0.39 is 11.6 Å². The van der Waals surface area contributed by atoms with Crippen LogP contribution in [0, 0.1) is 0 Å². The van der Waals surface area contributed by atoms with E-state index in [1.165, 1.54) is 39.5 Å². The van der Waals surface area contributed by atoms with E-state index in [2.05, 4.69) is 0 Å². The molecular weight excluding hydrogens is 392 g/mol. The molecule has 0 aliphatic carbocycles. The van der Waals surface area contributed by atoms with Crippen LogP contribution in [0.1, 0.15) is 28.4 Å². The van der Waals surface area contributed by atoms with E-state index in [4.69, 9.17) is 23.4 Å². The van der Waals surface area contributed by atoms with Gasteiger partial charge in [-0.25, -0.2) is 9.59 Å². The molecule has 1 heterocycles. The number of hydrogen-bond donors (Lipinski definition) is 1. The van der Waals surface area contributed by atoms with Gasteiger partial charge in [0.15, 0.2) is 11.5 Å². The van der Waals surface area contributed by atoms with Gasteiger partial charge in [0.05, 0.1) is 21.3 Å². The summed E-state index contributed by atoms with van der Waals surface area (Å²) in [5, 5.41) is 10.6. The van der Waals surface area contributed by atoms with Crippen molar-refractivity contribution in [2.45, 2.75) is 20.0 Å². The molecule has 0 fully saturated rings. The highest BCUT2D eigenvalue weighted by atomic mass is 16.5. The Hall–Kier alpha value is -3.68. The van der Waals surface area contributed by atoms with E-state index in [0.717, 1.165) is 0 Å². The van der Waals surface area contributed by atoms with E-state index in [9.17, 15) is 14.7 Å². The maximum absolute atomic E-state index is 12.7. The second-order valence-electron chi connectivity index (χ2n) is 6.38. The van der Waals surface area contributed by atoms with Gasteiger partial charge in [-0.2, -0.15) is 0 Å². The molecule has 0 saturated heterocycles. The molecule has 0 bridgehead atoms. The molecule has 8 nitrogen and oxygen atoms in total. The molecule has 158 valence electrons. The lowest BCUT2D eigenvalue weighted by atomic mass is 10.0. The van der Waals surface area contributed by atoms with Crippen LogP contribution < -0.4 is 19.8 Å². The van der Waals surface area contributed by atoms with Gasteiger partial charge < -0.3 is 28.5 Å². The molecule has 8 heteroatoms. The standard InChI is InChI=1S/C22H22O8/c1-5-12-8-15-13(9-19(24)30-18(15)10-16(12)23)11-29-22(25)14-6-7-17(26-2)21(28-4)20(14)27-3/h6-10,23H,5,11H2,1-4H3. The molecule has 1 N–H and O–H groups in total. The van der Waals surface area contributed by atoms with Gasteiger partial charge in [0.2, 0.25) is 5.75 Å². The monoisotopic (exact) mass is 414 g/mol. The summed E-state index contributed by atoms with van der Waals surface area (Å²) in [5.41, 5.74) is 0.899. The summed E-state index contributed by atoms with van der Waals surface area (Å²) in [6.07, 6.45) is 0.586. The zero-order chi connectivity index (χ0) is 21.8. The molecule has 3 aromatic rings. The predicted molar refractivity (Wildman–Crippen MR) is 109 cm³/mol. The van der Waals surface area contributed by atoms with E-state index in [0.29, 0.717) is 28.7 Å². The van der Waals surface area contributed by atoms with Crippen LogP contribution in [-0.2, 0) is 17.8 Å². The van der Waals surface area contributed by atoms with Gasteiger partial charge >= 0.3 is 11.6 Å². The van der Waals surface area contributed by atoms with Crippen molar-refractivity contribution in [2.75, 3.05) is 21.3 Å². The summed E-state index contributed by atoms with van der Waals surface area (Å²) in [7, 11) is 4.32. The maximum atomic E-state index is 12.7. The Labute approximate surface area is 172 Å². The maximum Gasteiger partial charge on any atom is 0.342 e. The van der Waals surface area contributed by atoms with Crippen LogP contribution in [0.25, 0.3) is 11.0 Å². The second-order valence-corrected chi connectivity index (χ2v) is 6.38. The van der Waals surface area contributed by atoms with Crippen molar-refractivity contribution >= 4 is 16.9 Å². The first-order valence-corrected chi connectivity index (χ1v) is 9.18. The first-order chi connectivity index (χ1) is 14.4. The fourth-order valence-corrected chi connectivity index (χ4v) is 3.19. The van der Waals surface area contributed by atoms with Crippen LogP contribution in [0.5, 0.6) is 23.0 Å². The fourth-order valence-electron chi connectivity index (χ4n) is 3.19. The minimum atomic E-state index is -0.663. The summed E-state index contributed by atoms with van der Waals surface area (Å²) in [6, 6.07) is 7.44. The Morgan fingerprint density at radius 3 is 2.37 bits per heavy atom. The highest BCUT2D eigenvalue weighted by Gasteiger charge is 2.22. The second kappa shape index (κ2) is 8.77. The third-order valence-corrected chi connectivity index (χ3v) is 4.69. The molecule has 0 radical (unpaired) electrons. The van der Waals surface area contributed by atoms with Crippen molar-refractivity contribution < 1.29 is 33.3 Å². The molecule has 0 unspecified atom stereocenters. The molecule has 0 amide bonds. The smallest absolute Gasteiger partial charge is 0.342 e. The SMILES string of the molecule is CCc1cc2c(COC(=O)c3ccc(OC)c(OC)c3OC)cc(=O)oc2cc1O. The van der Waals surface area contributed by atoms with Crippen molar-refractivity contribution in [2.24, 2.45) is 0 Å². The van der Waals surface area contributed by atoms with Crippen molar-refractivity contribution in [3.63, 3.8) is 0 Å². The summed E-state index contributed by atoms with van der Waals surface area (Å²) >= 11 is 0. The first kappa shape index (κ1) is 21.0. The van der Waals surface area contributed by atoms with Gasteiger partial charge in [-0.15, -0.1) is 0 Å². The normalized spacial score (nSPS) is 10.7. The Balaban J connectivity index is 1.95. The molecule has 0 aliphatic heterocycles. The van der Waals surface area contributed by atoms with Crippen LogP contribution in [0.4, 0.5) is 0 Å². The number of phenols is 1. The number of hydrogen-bond acceptors (Lipinski definition) is 8. The molecule has 0 saturated carbocycles. The van der Waals surface area contributed by atoms with E-state index in [1.807, 2.05) is 6.92 Å². The zero-order valence-corrected chi connectivity index (χ0v) is 17.1. The fraction of sp³-hybridized carbons (Fsp3) is 0.273. The summed E-state index contributed by atoms with van der Waals surface area (Å²) < 4.78 is 26.4. The predicted octanol–water partition coefficient (Wildman–Crippen LogP) is 3.44. The van der Waals surface area contributed by atoms with Crippen molar-refractivity contribution in [3.05, 3.63) is 57.4 Å². The number of aryl methyl sites for hydroxylation is 1. The van der Waals surface area contributed by atoms with Crippen molar-refractivity contribution in [1.29, 1.82) is 0 Å². The van der Waals surface area contributed by atoms with E-state index in [-0.39, 0.29) is 35.0 Å². The van der Waals surface area contributed by atoms with Crippen LogP contribution in [-0.4, -0.2) is 32.4 Å². The van der Waals surface area contributed by atoms with Crippen LogP contribution >= 0.6 is 0 Å². The third-order valence-electron chi connectivity index (χ3n) is 4.69. The minimum absolute atomic E-state index is 0.0392. The lowest BCUT2D eigenvalue weighted by Gasteiger charge is -2.15. The third kappa shape index (κ3) is 3.89. The number of ether oxygens (including phenoxy) is 4. The van der Waals surface area contributed by atoms with E-state index >= 15 is 0 Å². The summed E-state index contributed by atoms with van der Waals surface area (Å²) in [5.74, 6) is 0.228. The van der Waals surface area contributed by atoms with Crippen LogP contribution in [0.15, 0.2) is 39.5 Å². The molecule has 1 aromatic heterocycles. The number of benzene rings is 2. The largest absolute Gasteiger partial charge is 0.508 e. The van der Waals surface area contributed by atoms with Gasteiger partial charge in [-0.05, 0) is 30.2 Å². The lowest BCUT2D eigenvalue weighted by molar-refractivity contribution is 0.0469. The average molecular weight is 414 g/mol. The Morgan fingerprint density at radius 2 is 1.73 bits per heavy atom. The van der Waals surface area contributed by atoms with Crippen molar-refractivity contribution in [1.82, 2.24) is 0 Å². The number of carbonyl (C=O) groups is 1. The molecule has 2 aromatic carbocycles. The Kier molecular flexibility index (Phi) is 6.15. The van der Waals surface area contributed by atoms with Gasteiger partial charge in [0.1, 0.15) is 23.5 Å². The topological polar surface area (TPSA) is 104 Å². The van der Waals surface area contributed by atoms with Crippen molar-refractivity contribution in [3.8, 4) is 23.0 Å². The van der Waals surface area contributed by atoms with Gasteiger partial charge in [0.25, 0.3) is 0 Å². The molecule has 0 aliphatic rings. The highest BCUT2D eigenvalue weighted by Crippen LogP contribution is 2.40. The van der Waals surface area contributed by atoms with Crippen LogP contribution in [0.2, 0.25) is 0 Å².